The Morgan fingerprint density at radius 3 is 2.45 bits per heavy atom. The maximum absolute atomic E-state index is 12.6. The van der Waals surface area contributed by atoms with Crippen molar-refractivity contribution >= 4 is 68.4 Å². The number of anilines is 1. The molecule has 0 aromatic heterocycles. The molecule has 0 spiro atoms. The van der Waals surface area contributed by atoms with Crippen LogP contribution in [0.4, 0.5) is 5.69 Å². The molecule has 0 aliphatic carbocycles. The SMILES string of the molecule is O=C(Nc1ccc(Br)c(Cl)c1)c1ccc([C@H]2SCC(=O)N2Cc2ccc(Cl)cc2)cc1. The smallest absolute Gasteiger partial charge is 0.255 e. The first kappa shape index (κ1) is 22.2. The average molecular weight is 536 g/mol. The molecule has 1 aliphatic rings. The van der Waals surface area contributed by atoms with Crippen molar-refractivity contribution < 1.29 is 9.59 Å². The summed E-state index contributed by atoms with van der Waals surface area (Å²) >= 11 is 17.0. The van der Waals surface area contributed by atoms with Crippen molar-refractivity contribution in [1.82, 2.24) is 4.90 Å². The molecule has 31 heavy (non-hydrogen) atoms. The third kappa shape index (κ3) is 5.26. The topological polar surface area (TPSA) is 49.4 Å². The van der Waals surface area contributed by atoms with E-state index < -0.39 is 0 Å². The second kappa shape index (κ2) is 9.65. The molecule has 8 heteroatoms. The molecule has 0 saturated carbocycles. The van der Waals surface area contributed by atoms with E-state index in [0.717, 1.165) is 15.6 Å². The summed E-state index contributed by atoms with van der Waals surface area (Å²) in [6.45, 7) is 0.514. The average Bonchev–Trinajstić information content (AvgIpc) is 3.12. The van der Waals surface area contributed by atoms with E-state index in [-0.39, 0.29) is 17.2 Å². The minimum Gasteiger partial charge on any atom is -0.322 e. The monoisotopic (exact) mass is 534 g/mol. The lowest BCUT2D eigenvalue weighted by Crippen LogP contribution is -2.27. The number of amides is 2. The van der Waals surface area contributed by atoms with Crippen molar-refractivity contribution in [2.75, 3.05) is 11.1 Å². The zero-order chi connectivity index (χ0) is 22.0. The molecule has 1 atom stereocenters. The predicted octanol–water partition coefficient (Wildman–Crippen LogP) is 6.78. The normalized spacial score (nSPS) is 15.9. The first-order valence-electron chi connectivity index (χ1n) is 9.42. The van der Waals surface area contributed by atoms with Crippen LogP contribution < -0.4 is 5.32 Å². The summed E-state index contributed by atoms with van der Waals surface area (Å²) in [5.41, 5.74) is 3.15. The molecule has 4 nitrogen and oxygen atoms in total. The van der Waals surface area contributed by atoms with Crippen molar-refractivity contribution in [2.24, 2.45) is 0 Å². The Morgan fingerprint density at radius 2 is 1.77 bits per heavy atom. The van der Waals surface area contributed by atoms with Crippen LogP contribution in [-0.4, -0.2) is 22.5 Å². The number of thioether (sulfide) groups is 1. The van der Waals surface area contributed by atoms with Crippen molar-refractivity contribution in [3.8, 4) is 0 Å². The molecule has 0 bridgehead atoms. The van der Waals surface area contributed by atoms with E-state index in [4.69, 9.17) is 23.2 Å². The summed E-state index contributed by atoms with van der Waals surface area (Å²) in [5.74, 6) is 0.308. The summed E-state index contributed by atoms with van der Waals surface area (Å²) in [5, 5.41) is 3.94. The molecular weight excluding hydrogens is 519 g/mol. The lowest BCUT2D eigenvalue weighted by molar-refractivity contribution is -0.128. The van der Waals surface area contributed by atoms with Gasteiger partial charge in [0.15, 0.2) is 0 Å². The van der Waals surface area contributed by atoms with Crippen LogP contribution in [0.25, 0.3) is 0 Å². The Balaban J connectivity index is 1.47. The Kier molecular flexibility index (Phi) is 6.92. The van der Waals surface area contributed by atoms with Gasteiger partial charge in [-0.05, 0) is 69.5 Å². The summed E-state index contributed by atoms with van der Waals surface area (Å²) in [6.07, 6.45) is 0. The van der Waals surface area contributed by atoms with E-state index in [1.165, 1.54) is 0 Å². The maximum atomic E-state index is 12.6. The third-order valence-electron chi connectivity index (χ3n) is 4.87. The lowest BCUT2D eigenvalue weighted by atomic mass is 10.1. The van der Waals surface area contributed by atoms with Crippen molar-refractivity contribution in [2.45, 2.75) is 11.9 Å². The second-order valence-electron chi connectivity index (χ2n) is 7.02. The Bertz CT molecular complexity index is 1120. The molecule has 1 heterocycles. The Hall–Kier alpha value is -1.99. The van der Waals surface area contributed by atoms with Crippen molar-refractivity contribution in [3.63, 3.8) is 0 Å². The van der Waals surface area contributed by atoms with Gasteiger partial charge in [-0.3, -0.25) is 9.59 Å². The van der Waals surface area contributed by atoms with Gasteiger partial charge in [-0.1, -0.05) is 47.5 Å². The van der Waals surface area contributed by atoms with Gasteiger partial charge in [0, 0.05) is 27.3 Å². The Labute approximate surface area is 203 Å². The van der Waals surface area contributed by atoms with E-state index in [0.29, 0.717) is 33.6 Å². The minimum atomic E-state index is -0.224. The first-order valence-corrected chi connectivity index (χ1v) is 12.0. The van der Waals surface area contributed by atoms with Crippen LogP contribution in [-0.2, 0) is 11.3 Å². The minimum absolute atomic E-state index is 0.0921. The molecule has 1 N–H and O–H groups in total. The van der Waals surface area contributed by atoms with E-state index in [9.17, 15) is 9.59 Å². The highest BCUT2D eigenvalue weighted by atomic mass is 79.9. The highest BCUT2D eigenvalue weighted by Gasteiger charge is 2.32. The Morgan fingerprint density at radius 1 is 1.06 bits per heavy atom. The molecule has 3 aromatic rings. The van der Waals surface area contributed by atoms with Gasteiger partial charge in [-0.2, -0.15) is 0 Å². The first-order chi connectivity index (χ1) is 14.9. The number of carbonyl (C=O) groups is 2. The van der Waals surface area contributed by atoms with Gasteiger partial charge in [-0.25, -0.2) is 0 Å². The van der Waals surface area contributed by atoms with Gasteiger partial charge in [-0.15, -0.1) is 11.8 Å². The van der Waals surface area contributed by atoms with Crippen LogP contribution in [0, 0.1) is 0 Å². The van der Waals surface area contributed by atoms with E-state index in [1.54, 1.807) is 42.1 Å². The van der Waals surface area contributed by atoms with Gasteiger partial charge in [0.25, 0.3) is 5.91 Å². The standard InChI is InChI=1S/C23H17BrCl2N2O2S/c24-19-10-9-18(11-20(19)26)27-22(30)15-3-5-16(6-4-15)23-28(21(29)13-31-23)12-14-1-7-17(25)8-2-14/h1-11,23H,12-13H2,(H,27,30)/t23-/m1/s1. The van der Waals surface area contributed by atoms with Crippen molar-refractivity contribution in [3.05, 3.63) is 97.9 Å². The van der Waals surface area contributed by atoms with Crippen LogP contribution in [0.5, 0.6) is 0 Å². The van der Waals surface area contributed by atoms with Gasteiger partial charge in [0.05, 0.1) is 10.8 Å². The van der Waals surface area contributed by atoms with Crippen LogP contribution in [0.3, 0.4) is 0 Å². The van der Waals surface area contributed by atoms with Crippen molar-refractivity contribution in [1.29, 1.82) is 0 Å². The highest BCUT2D eigenvalue weighted by molar-refractivity contribution is 9.10. The highest BCUT2D eigenvalue weighted by Crippen LogP contribution is 2.39. The largest absolute Gasteiger partial charge is 0.322 e. The number of benzene rings is 3. The quantitative estimate of drug-likeness (QED) is 0.391. The number of carbonyl (C=O) groups excluding carboxylic acids is 2. The number of nitrogens with one attached hydrogen (secondary N) is 1. The molecule has 1 fully saturated rings. The summed E-state index contributed by atoms with van der Waals surface area (Å²) in [7, 11) is 0. The lowest BCUT2D eigenvalue weighted by Gasteiger charge is -2.24. The molecule has 0 radical (unpaired) electrons. The zero-order valence-corrected chi connectivity index (χ0v) is 20.1. The molecule has 0 unspecified atom stereocenters. The fourth-order valence-electron chi connectivity index (χ4n) is 3.26. The second-order valence-corrected chi connectivity index (χ2v) is 9.78. The number of hydrogen-bond donors (Lipinski definition) is 1. The number of rotatable bonds is 5. The number of halogens is 3. The molecule has 4 rings (SSSR count). The number of hydrogen-bond acceptors (Lipinski definition) is 3. The van der Waals surface area contributed by atoms with Gasteiger partial charge < -0.3 is 10.2 Å². The van der Waals surface area contributed by atoms with Gasteiger partial charge in [0.1, 0.15) is 5.37 Å². The molecule has 1 aliphatic heterocycles. The van der Waals surface area contributed by atoms with Crippen LogP contribution in [0.1, 0.15) is 26.9 Å². The fraction of sp³-hybridized carbons (Fsp3) is 0.130. The molecule has 158 valence electrons. The molecule has 2 amide bonds. The third-order valence-corrected chi connectivity index (χ3v) is 7.61. The summed E-state index contributed by atoms with van der Waals surface area (Å²) in [6, 6.07) is 20.1. The van der Waals surface area contributed by atoms with Gasteiger partial charge >= 0.3 is 0 Å². The van der Waals surface area contributed by atoms with Gasteiger partial charge in [0.2, 0.25) is 5.91 Å². The van der Waals surface area contributed by atoms with E-state index in [1.807, 2.05) is 41.3 Å². The van der Waals surface area contributed by atoms with Crippen LogP contribution >= 0.6 is 50.9 Å². The summed E-state index contributed by atoms with van der Waals surface area (Å²) < 4.78 is 0.767. The van der Waals surface area contributed by atoms with E-state index in [2.05, 4.69) is 21.2 Å². The molecule has 1 saturated heterocycles. The molecular formula is C23H17BrCl2N2O2S. The molecule has 3 aromatic carbocycles. The van der Waals surface area contributed by atoms with E-state index >= 15 is 0 Å². The maximum Gasteiger partial charge on any atom is 0.255 e. The van der Waals surface area contributed by atoms with Crippen LogP contribution in [0.15, 0.2) is 71.2 Å². The van der Waals surface area contributed by atoms with Crippen LogP contribution in [0.2, 0.25) is 10.0 Å². The summed E-state index contributed by atoms with van der Waals surface area (Å²) in [4.78, 5) is 26.9. The zero-order valence-electron chi connectivity index (χ0n) is 16.1. The predicted molar refractivity (Wildman–Crippen MR) is 131 cm³/mol. The fourth-order valence-corrected chi connectivity index (χ4v) is 5.00. The number of nitrogens with zero attached hydrogens (tertiary/aromatic N) is 1.